The van der Waals surface area contributed by atoms with Gasteiger partial charge in [0.1, 0.15) is 18.5 Å². The highest BCUT2D eigenvalue weighted by Crippen LogP contribution is 2.19. The topological polar surface area (TPSA) is 50.7 Å². The highest BCUT2D eigenvalue weighted by Gasteiger charge is 2.27. The third-order valence-corrected chi connectivity index (χ3v) is 3.82. The number of rotatable bonds is 6. The summed E-state index contributed by atoms with van der Waals surface area (Å²) in [7, 11) is 0. The van der Waals surface area contributed by atoms with E-state index >= 15 is 0 Å². The maximum absolute atomic E-state index is 9.99. The van der Waals surface area contributed by atoms with Crippen molar-refractivity contribution < 1.29 is 14.6 Å². The summed E-state index contributed by atoms with van der Waals surface area (Å²) in [6.45, 7) is 6.66. The van der Waals surface area contributed by atoms with Gasteiger partial charge >= 0.3 is 0 Å². The molecule has 1 aliphatic heterocycles. The first kappa shape index (κ1) is 15.3. The molecular weight excluding hydrogens is 254 g/mol. The van der Waals surface area contributed by atoms with Crippen LogP contribution in [0.2, 0.25) is 0 Å². The fourth-order valence-electron chi connectivity index (χ4n) is 2.25. The van der Waals surface area contributed by atoms with Gasteiger partial charge in [-0.2, -0.15) is 0 Å². The minimum Gasteiger partial charge on any atom is -0.491 e. The van der Waals surface area contributed by atoms with Crippen LogP contribution in [0.15, 0.2) is 24.3 Å². The largest absolute Gasteiger partial charge is 0.491 e. The molecular formula is C16H25NO3. The van der Waals surface area contributed by atoms with E-state index in [9.17, 15) is 5.11 Å². The highest BCUT2D eigenvalue weighted by atomic mass is 16.5. The van der Waals surface area contributed by atoms with Gasteiger partial charge in [-0.1, -0.05) is 17.7 Å². The summed E-state index contributed by atoms with van der Waals surface area (Å²) in [5, 5.41) is 13.4. The standard InChI is InChI=1S/C16H25NO3/c1-13-3-5-15(6-4-13)20-12-14(18)11-17-16(2)7-9-19-10-8-16/h3-6,14,17-18H,7-12H2,1-2H3. The van der Waals surface area contributed by atoms with Crippen molar-refractivity contribution in [2.45, 2.75) is 38.3 Å². The van der Waals surface area contributed by atoms with E-state index in [1.54, 1.807) is 0 Å². The van der Waals surface area contributed by atoms with Gasteiger partial charge in [0.05, 0.1) is 0 Å². The number of aryl methyl sites for hydroxylation is 1. The lowest BCUT2D eigenvalue weighted by Crippen LogP contribution is -2.50. The van der Waals surface area contributed by atoms with Gasteiger partial charge in [-0.3, -0.25) is 0 Å². The van der Waals surface area contributed by atoms with Crippen molar-refractivity contribution in [3.8, 4) is 5.75 Å². The molecule has 4 nitrogen and oxygen atoms in total. The summed E-state index contributed by atoms with van der Waals surface area (Å²) < 4.78 is 10.9. The molecule has 1 heterocycles. The van der Waals surface area contributed by atoms with Crippen LogP contribution in [0.4, 0.5) is 0 Å². The smallest absolute Gasteiger partial charge is 0.119 e. The Morgan fingerprint density at radius 2 is 1.95 bits per heavy atom. The minimum atomic E-state index is -0.504. The second-order valence-corrected chi connectivity index (χ2v) is 5.83. The molecule has 0 saturated carbocycles. The molecule has 0 spiro atoms. The van der Waals surface area contributed by atoms with Gasteiger partial charge in [-0.05, 0) is 38.8 Å². The molecule has 1 aromatic carbocycles. The number of hydrogen-bond donors (Lipinski definition) is 2. The molecule has 4 heteroatoms. The predicted octanol–water partition coefficient (Wildman–Crippen LogP) is 1.89. The van der Waals surface area contributed by atoms with E-state index in [4.69, 9.17) is 9.47 Å². The number of benzene rings is 1. The van der Waals surface area contributed by atoms with E-state index in [0.29, 0.717) is 13.2 Å². The maximum Gasteiger partial charge on any atom is 0.119 e. The zero-order valence-corrected chi connectivity index (χ0v) is 12.4. The molecule has 1 unspecified atom stereocenters. The van der Waals surface area contributed by atoms with E-state index in [2.05, 4.69) is 12.2 Å². The zero-order valence-electron chi connectivity index (χ0n) is 12.4. The molecule has 0 amide bonds. The summed E-state index contributed by atoms with van der Waals surface area (Å²) in [4.78, 5) is 0. The first-order chi connectivity index (χ1) is 9.57. The van der Waals surface area contributed by atoms with Gasteiger partial charge in [0, 0.05) is 25.3 Å². The van der Waals surface area contributed by atoms with E-state index in [1.165, 1.54) is 5.56 Å². The lowest BCUT2D eigenvalue weighted by atomic mass is 9.92. The molecule has 1 fully saturated rings. The lowest BCUT2D eigenvalue weighted by molar-refractivity contribution is 0.0342. The Bertz CT molecular complexity index is 399. The van der Waals surface area contributed by atoms with Crippen LogP contribution in [0.25, 0.3) is 0 Å². The monoisotopic (exact) mass is 279 g/mol. The highest BCUT2D eigenvalue weighted by molar-refractivity contribution is 5.26. The molecule has 0 aromatic heterocycles. The molecule has 1 aliphatic rings. The van der Waals surface area contributed by atoms with Gasteiger partial charge in [0.2, 0.25) is 0 Å². The number of hydrogen-bond acceptors (Lipinski definition) is 4. The van der Waals surface area contributed by atoms with Crippen LogP contribution < -0.4 is 10.1 Å². The summed E-state index contributed by atoms with van der Waals surface area (Å²) in [5.74, 6) is 0.798. The molecule has 0 radical (unpaired) electrons. The van der Waals surface area contributed by atoms with Crippen molar-refractivity contribution in [2.24, 2.45) is 0 Å². The third kappa shape index (κ3) is 4.78. The second-order valence-electron chi connectivity index (χ2n) is 5.83. The van der Waals surface area contributed by atoms with Crippen molar-refractivity contribution in [3.63, 3.8) is 0 Å². The molecule has 2 rings (SSSR count). The predicted molar refractivity (Wildman–Crippen MR) is 79.1 cm³/mol. The van der Waals surface area contributed by atoms with Crippen molar-refractivity contribution in [3.05, 3.63) is 29.8 Å². The van der Waals surface area contributed by atoms with Gasteiger partial charge in [0.25, 0.3) is 0 Å². The zero-order chi connectivity index (χ0) is 14.4. The Kier molecular flexibility index (Phi) is 5.40. The number of aliphatic hydroxyl groups is 1. The van der Waals surface area contributed by atoms with Crippen molar-refractivity contribution in [1.29, 1.82) is 0 Å². The third-order valence-electron chi connectivity index (χ3n) is 3.82. The van der Waals surface area contributed by atoms with E-state index < -0.39 is 6.10 Å². The van der Waals surface area contributed by atoms with Crippen LogP contribution >= 0.6 is 0 Å². The lowest BCUT2D eigenvalue weighted by Gasteiger charge is -2.35. The molecule has 1 atom stereocenters. The second kappa shape index (κ2) is 7.07. The Hall–Kier alpha value is -1.10. The van der Waals surface area contributed by atoms with Gasteiger partial charge < -0.3 is 19.9 Å². The molecule has 112 valence electrons. The Morgan fingerprint density at radius 3 is 2.60 bits per heavy atom. The number of ether oxygens (including phenoxy) is 2. The normalized spacial score (nSPS) is 19.6. The van der Waals surface area contributed by atoms with Crippen LogP contribution in [-0.2, 0) is 4.74 Å². The Labute approximate surface area is 121 Å². The Morgan fingerprint density at radius 1 is 1.30 bits per heavy atom. The van der Waals surface area contributed by atoms with Crippen molar-refractivity contribution in [2.75, 3.05) is 26.4 Å². The van der Waals surface area contributed by atoms with Crippen LogP contribution in [0, 0.1) is 6.92 Å². The number of aliphatic hydroxyl groups excluding tert-OH is 1. The van der Waals surface area contributed by atoms with Crippen molar-refractivity contribution >= 4 is 0 Å². The first-order valence-electron chi connectivity index (χ1n) is 7.28. The van der Waals surface area contributed by atoms with Gasteiger partial charge in [-0.25, -0.2) is 0 Å². The summed E-state index contributed by atoms with van der Waals surface area (Å²) in [6.07, 6.45) is 1.47. The summed E-state index contributed by atoms with van der Waals surface area (Å²) >= 11 is 0. The summed E-state index contributed by atoms with van der Waals surface area (Å²) in [5.41, 5.74) is 1.27. The van der Waals surface area contributed by atoms with E-state index in [0.717, 1.165) is 31.8 Å². The SMILES string of the molecule is Cc1ccc(OCC(O)CNC2(C)CCOCC2)cc1. The molecule has 1 aromatic rings. The molecule has 0 aliphatic carbocycles. The fraction of sp³-hybridized carbons (Fsp3) is 0.625. The van der Waals surface area contributed by atoms with Crippen LogP contribution in [-0.4, -0.2) is 43.1 Å². The fourth-order valence-corrected chi connectivity index (χ4v) is 2.25. The van der Waals surface area contributed by atoms with Crippen LogP contribution in [0.1, 0.15) is 25.3 Å². The average molecular weight is 279 g/mol. The molecule has 0 bridgehead atoms. The average Bonchev–Trinajstić information content (AvgIpc) is 2.45. The quantitative estimate of drug-likeness (QED) is 0.835. The van der Waals surface area contributed by atoms with Gasteiger partial charge in [0.15, 0.2) is 0 Å². The number of β-amino-alcohol motifs (C(OH)–C–C–N with tert-alkyl or cyclic N) is 1. The van der Waals surface area contributed by atoms with Crippen LogP contribution in [0.5, 0.6) is 5.75 Å². The first-order valence-corrected chi connectivity index (χ1v) is 7.28. The number of nitrogens with one attached hydrogen (secondary N) is 1. The Balaban J connectivity index is 1.69. The van der Waals surface area contributed by atoms with Gasteiger partial charge in [-0.15, -0.1) is 0 Å². The molecule has 20 heavy (non-hydrogen) atoms. The molecule has 1 saturated heterocycles. The minimum absolute atomic E-state index is 0.0725. The maximum atomic E-state index is 9.99. The van der Waals surface area contributed by atoms with Crippen molar-refractivity contribution in [1.82, 2.24) is 5.32 Å². The van der Waals surface area contributed by atoms with E-state index in [1.807, 2.05) is 31.2 Å². The molecule has 2 N–H and O–H groups in total. The van der Waals surface area contributed by atoms with E-state index in [-0.39, 0.29) is 5.54 Å². The summed E-state index contributed by atoms with van der Waals surface area (Å²) in [6, 6.07) is 7.86. The van der Waals surface area contributed by atoms with Crippen LogP contribution in [0.3, 0.4) is 0 Å².